The second-order valence-electron chi connectivity index (χ2n) is 8.49. The topological polar surface area (TPSA) is 37.3 Å². The van der Waals surface area contributed by atoms with Gasteiger partial charge in [0.25, 0.3) is 0 Å². The number of hydrogen-bond acceptors (Lipinski definition) is 3. The number of thioether (sulfide) groups is 2. The highest BCUT2D eigenvalue weighted by Crippen LogP contribution is 2.55. The van der Waals surface area contributed by atoms with Crippen LogP contribution in [0.1, 0.15) is 63.4 Å². The number of rotatable bonds is 14. The molecule has 2 nitrogen and oxygen atoms in total. The SMILES string of the molecule is O=C(O)CCC/C=C\C[C@@H]1[C@H](CCCCSCC=Cc2ccccc2)[C@@H]2CC[C@H]1S2. The maximum atomic E-state index is 10.6. The zero-order chi connectivity index (χ0) is 21.0. The van der Waals surface area contributed by atoms with Crippen LogP contribution in [0.3, 0.4) is 0 Å². The molecule has 4 heteroatoms. The predicted molar refractivity (Wildman–Crippen MR) is 133 cm³/mol. The van der Waals surface area contributed by atoms with Crippen LogP contribution in [0.25, 0.3) is 6.08 Å². The number of allylic oxidation sites excluding steroid dienone is 2. The van der Waals surface area contributed by atoms with Gasteiger partial charge < -0.3 is 5.11 Å². The molecule has 2 fully saturated rings. The number of hydrogen-bond donors (Lipinski definition) is 1. The number of carboxylic acid groups (broad SMARTS) is 1. The molecule has 0 radical (unpaired) electrons. The molecule has 0 spiro atoms. The van der Waals surface area contributed by atoms with E-state index in [0.717, 1.165) is 40.9 Å². The van der Waals surface area contributed by atoms with Gasteiger partial charge in [0.1, 0.15) is 0 Å². The molecule has 2 aliphatic rings. The van der Waals surface area contributed by atoms with Crippen molar-refractivity contribution >= 4 is 35.6 Å². The molecular formula is C26H36O2S2. The van der Waals surface area contributed by atoms with Crippen LogP contribution in [-0.2, 0) is 4.79 Å². The lowest BCUT2D eigenvalue weighted by atomic mass is 9.75. The minimum Gasteiger partial charge on any atom is -0.481 e. The van der Waals surface area contributed by atoms with E-state index < -0.39 is 5.97 Å². The van der Waals surface area contributed by atoms with E-state index in [1.807, 2.05) is 11.8 Å². The first-order chi connectivity index (χ1) is 14.7. The van der Waals surface area contributed by atoms with Crippen LogP contribution in [-0.4, -0.2) is 33.1 Å². The summed E-state index contributed by atoms with van der Waals surface area (Å²) in [5.74, 6) is 3.44. The van der Waals surface area contributed by atoms with Gasteiger partial charge in [0.2, 0.25) is 0 Å². The number of fused-ring (bicyclic) bond motifs is 2. The lowest BCUT2D eigenvalue weighted by molar-refractivity contribution is -0.137. The van der Waals surface area contributed by atoms with Gasteiger partial charge in [-0.3, -0.25) is 4.79 Å². The Morgan fingerprint density at radius 1 is 1.03 bits per heavy atom. The fourth-order valence-corrected chi connectivity index (χ4v) is 7.68. The lowest BCUT2D eigenvalue weighted by Gasteiger charge is -2.29. The molecule has 30 heavy (non-hydrogen) atoms. The Morgan fingerprint density at radius 3 is 2.63 bits per heavy atom. The zero-order valence-corrected chi connectivity index (χ0v) is 19.6. The highest BCUT2D eigenvalue weighted by atomic mass is 32.2. The van der Waals surface area contributed by atoms with Gasteiger partial charge in [0.05, 0.1) is 0 Å². The Hall–Kier alpha value is -1.13. The van der Waals surface area contributed by atoms with Crippen molar-refractivity contribution in [2.45, 2.75) is 68.3 Å². The Balaban J connectivity index is 1.28. The summed E-state index contributed by atoms with van der Waals surface area (Å²) < 4.78 is 0. The van der Waals surface area contributed by atoms with Crippen molar-refractivity contribution in [3.63, 3.8) is 0 Å². The first-order valence-electron chi connectivity index (χ1n) is 11.6. The van der Waals surface area contributed by atoms with Gasteiger partial charge in [0.15, 0.2) is 0 Å². The van der Waals surface area contributed by atoms with Crippen LogP contribution in [0.2, 0.25) is 0 Å². The smallest absolute Gasteiger partial charge is 0.303 e. The van der Waals surface area contributed by atoms with Crippen LogP contribution < -0.4 is 0 Å². The van der Waals surface area contributed by atoms with Crippen molar-refractivity contribution in [2.24, 2.45) is 11.8 Å². The van der Waals surface area contributed by atoms with Crippen molar-refractivity contribution < 1.29 is 9.90 Å². The standard InChI is InChI=1S/C26H36O2S2/c27-26(28)16-7-2-1-6-14-22-23(25-18-17-24(22)30-25)15-8-9-19-29-20-10-13-21-11-4-3-5-12-21/h1,3-6,10-13,22-25H,2,7-9,14-20H2,(H,27,28)/b6-1-,13-10?/t22-,23+,24-,25+/m1/s1. The molecule has 0 aromatic heterocycles. The Kier molecular flexibility index (Phi) is 10.4. The number of benzene rings is 1. The Bertz CT molecular complexity index is 686. The fraction of sp³-hybridized carbons (Fsp3) is 0.577. The number of aliphatic carboxylic acids is 1. The second kappa shape index (κ2) is 13.3. The third-order valence-corrected chi connectivity index (χ3v) is 9.20. The van der Waals surface area contributed by atoms with Crippen molar-refractivity contribution in [3.8, 4) is 0 Å². The third kappa shape index (κ3) is 7.85. The highest BCUT2D eigenvalue weighted by Gasteiger charge is 2.46. The van der Waals surface area contributed by atoms with Gasteiger partial charge in [-0.1, -0.05) is 61.1 Å². The molecule has 4 atom stereocenters. The molecule has 1 N–H and O–H groups in total. The van der Waals surface area contributed by atoms with Crippen LogP contribution in [0.15, 0.2) is 48.6 Å². The van der Waals surface area contributed by atoms with Gasteiger partial charge >= 0.3 is 5.97 Å². The molecule has 2 saturated heterocycles. The van der Waals surface area contributed by atoms with Crippen molar-refractivity contribution in [1.82, 2.24) is 0 Å². The summed E-state index contributed by atoms with van der Waals surface area (Å²) in [6.07, 6.45) is 19.2. The zero-order valence-electron chi connectivity index (χ0n) is 18.0. The molecule has 0 saturated carbocycles. The predicted octanol–water partition coefficient (Wildman–Crippen LogP) is 7.31. The largest absolute Gasteiger partial charge is 0.481 e. The van der Waals surface area contributed by atoms with E-state index in [0.29, 0.717) is 0 Å². The third-order valence-electron chi connectivity index (χ3n) is 6.33. The molecule has 2 aliphatic heterocycles. The average Bonchev–Trinajstić information content (AvgIpc) is 3.35. The van der Waals surface area contributed by atoms with E-state index in [2.05, 4.69) is 66.4 Å². The molecule has 0 aliphatic carbocycles. The molecular weight excluding hydrogens is 408 g/mol. The first kappa shape index (κ1) is 23.5. The van der Waals surface area contributed by atoms with Gasteiger partial charge in [0, 0.05) is 22.7 Å². The van der Waals surface area contributed by atoms with Crippen LogP contribution in [0.5, 0.6) is 0 Å². The van der Waals surface area contributed by atoms with Crippen molar-refractivity contribution in [3.05, 3.63) is 54.1 Å². The molecule has 2 bridgehead atoms. The lowest BCUT2D eigenvalue weighted by Crippen LogP contribution is -2.26. The van der Waals surface area contributed by atoms with Gasteiger partial charge in [-0.05, 0) is 68.1 Å². The summed E-state index contributed by atoms with van der Waals surface area (Å²) in [6.45, 7) is 0. The Morgan fingerprint density at radius 2 is 1.83 bits per heavy atom. The van der Waals surface area contributed by atoms with Gasteiger partial charge in [-0.2, -0.15) is 23.5 Å². The van der Waals surface area contributed by atoms with E-state index in [-0.39, 0.29) is 6.42 Å². The van der Waals surface area contributed by atoms with E-state index >= 15 is 0 Å². The summed E-state index contributed by atoms with van der Waals surface area (Å²) in [6, 6.07) is 10.5. The molecule has 1 aromatic carbocycles. The van der Waals surface area contributed by atoms with E-state index in [9.17, 15) is 4.79 Å². The fourth-order valence-electron chi connectivity index (χ4n) is 4.82. The molecule has 1 aromatic rings. The summed E-state index contributed by atoms with van der Waals surface area (Å²) in [4.78, 5) is 10.6. The summed E-state index contributed by atoms with van der Waals surface area (Å²) in [5.41, 5.74) is 1.29. The molecule has 3 rings (SSSR count). The molecule has 0 unspecified atom stereocenters. The maximum Gasteiger partial charge on any atom is 0.303 e. The highest BCUT2D eigenvalue weighted by molar-refractivity contribution is 8.01. The Labute approximate surface area is 191 Å². The second-order valence-corrected chi connectivity index (χ2v) is 11.1. The van der Waals surface area contributed by atoms with E-state index in [1.54, 1.807) is 0 Å². The molecule has 164 valence electrons. The van der Waals surface area contributed by atoms with E-state index in [4.69, 9.17) is 5.11 Å². The molecule has 0 amide bonds. The minimum absolute atomic E-state index is 0.289. The number of unbranched alkanes of at least 4 members (excludes halogenated alkanes) is 2. The van der Waals surface area contributed by atoms with Crippen molar-refractivity contribution in [2.75, 3.05) is 11.5 Å². The summed E-state index contributed by atoms with van der Waals surface area (Å²) in [7, 11) is 0. The number of carboxylic acids is 1. The molecule has 2 heterocycles. The van der Waals surface area contributed by atoms with Crippen molar-refractivity contribution in [1.29, 1.82) is 0 Å². The van der Waals surface area contributed by atoms with Gasteiger partial charge in [-0.15, -0.1) is 0 Å². The van der Waals surface area contributed by atoms with Gasteiger partial charge in [-0.25, -0.2) is 0 Å². The monoisotopic (exact) mass is 444 g/mol. The van der Waals surface area contributed by atoms with Crippen LogP contribution in [0, 0.1) is 11.8 Å². The minimum atomic E-state index is -0.682. The quantitative estimate of drug-likeness (QED) is 0.241. The van der Waals surface area contributed by atoms with Crippen LogP contribution >= 0.6 is 23.5 Å². The first-order valence-corrected chi connectivity index (χ1v) is 13.7. The van der Waals surface area contributed by atoms with E-state index in [1.165, 1.54) is 49.8 Å². The maximum absolute atomic E-state index is 10.6. The number of carbonyl (C=O) groups is 1. The summed E-state index contributed by atoms with van der Waals surface area (Å²) >= 11 is 4.32. The summed E-state index contributed by atoms with van der Waals surface area (Å²) in [5, 5.41) is 10.5. The average molecular weight is 445 g/mol. The normalized spacial score (nSPS) is 25.6. The van der Waals surface area contributed by atoms with Crippen LogP contribution in [0.4, 0.5) is 0 Å².